The van der Waals surface area contributed by atoms with Gasteiger partial charge in [0.05, 0.1) is 11.8 Å². The Labute approximate surface area is 142 Å². The molecule has 0 aromatic carbocycles. The highest BCUT2D eigenvalue weighted by molar-refractivity contribution is 6.30. The molecular formula is C16H25ClN4O2. The fourth-order valence-corrected chi connectivity index (χ4v) is 2.61. The molecule has 1 aromatic heterocycles. The van der Waals surface area contributed by atoms with Crippen LogP contribution in [0.25, 0.3) is 0 Å². The summed E-state index contributed by atoms with van der Waals surface area (Å²) in [4.78, 5) is 20.2. The number of halogens is 1. The third-order valence-electron chi connectivity index (χ3n) is 3.66. The Bertz CT molecular complexity index is 505. The lowest BCUT2D eigenvalue weighted by atomic mass is 10.3. The molecule has 0 spiro atoms. The van der Waals surface area contributed by atoms with Crippen molar-refractivity contribution in [2.24, 2.45) is 0 Å². The van der Waals surface area contributed by atoms with Crippen LogP contribution in [0.2, 0.25) is 5.02 Å². The fraction of sp³-hybridized carbons (Fsp3) is 0.625. The summed E-state index contributed by atoms with van der Waals surface area (Å²) < 4.78 is 5.22. The normalized spacial score (nSPS) is 15.9. The molecule has 1 fully saturated rings. The van der Waals surface area contributed by atoms with Crippen LogP contribution in [0.3, 0.4) is 0 Å². The van der Waals surface area contributed by atoms with Gasteiger partial charge in [0.1, 0.15) is 0 Å². The van der Waals surface area contributed by atoms with Crippen molar-refractivity contribution in [2.45, 2.75) is 26.5 Å². The number of piperazine rings is 1. The summed E-state index contributed by atoms with van der Waals surface area (Å²) in [5, 5.41) is 4.08. The lowest BCUT2D eigenvalue weighted by Gasteiger charge is -2.34. The highest BCUT2D eigenvalue weighted by Gasteiger charge is 2.22. The number of aromatic nitrogens is 1. The zero-order valence-electron chi connectivity index (χ0n) is 13.8. The zero-order chi connectivity index (χ0) is 16.7. The Hall–Kier alpha value is -1.37. The van der Waals surface area contributed by atoms with E-state index in [4.69, 9.17) is 16.3 Å². The number of nitrogens with one attached hydrogen (secondary N) is 1. The Morgan fingerprint density at radius 3 is 2.78 bits per heavy atom. The molecule has 0 aliphatic carbocycles. The lowest BCUT2D eigenvalue weighted by molar-refractivity contribution is 0.0574. The monoisotopic (exact) mass is 340 g/mol. The number of rotatable bonds is 6. The number of hydrogen-bond donors (Lipinski definition) is 1. The van der Waals surface area contributed by atoms with Crippen LogP contribution in [0.15, 0.2) is 18.3 Å². The standard InChI is InChI=1S/C16H25ClN4O2/c1-13(2)23-16(22)21-9-7-20(8-10-21)6-5-18-12-15-11-14(17)3-4-19-15/h3-4,11,13,18H,5-10,12H2,1-2H3. The van der Waals surface area contributed by atoms with Gasteiger partial charge < -0.3 is 15.0 Å². The van der Waals surface area contributed by atoms with Crippen molar-refractivity contribution in [3.63, 3.8) is 0 Å². The molecule has 7 heteroatoms. The smallest absolute Gasteiger partial charge is 0.410 e. The van der Waals surface area contributed by atoms with Gasteiger partial charge in [-0.05, 0) is 26.0 Å². The number of hydrogen-bond acceptors (Lipinski definition) is 5. The van der Waals surface area contributed by atoms with Gasteiger partial charge in [-0.1, -0.05) is 11.6 Å². The molecule has 6 nitrogen and oxygen atoms in total. The number of pyridine rings is 1. The Morgan fingerprint density at radius 2 is 2.13 bits per heavy atom. The quantitative estimate of drug-likeness (QED) is 0.803. The highest BCUT2D eigenvalue weighted by Crippen LogP contribution is 2.08. The van der Waals surface area contributed by atoms with Gasteiger partial charge in [0.2, 0.25) is 0 Å². The van der Waals surface area contributed by atoms with Crippen LogP contribution in [0.5, 0.6) is 0 Å². The third-order valence-corrected chi connectivity index (χ3v) is 3.89. The van der Waals surface area contributed by atoms with Gasteiger partial charge in [-0.3, -0.25) is 9.88 Å². The summed E-state index contributed by atoms with van der Waals surface area (Å²) in [5.74, 6) is 0. The van der Waals surface area contributed by atoms with Crippen molar-refractivity contribution < 1.29 is 9.53 Å². The highest BCUT2D eigenvalue weighted by atomic mass is 35.5. The minimum Gasteiger partial charge on any atom is -0.447 e. The summed E-state index contributed by atoms with van der Waals surface area (Å²) >= 11 is 5.93. The van der Waals surface area contributed by atoms with E-state index >= 15 is 0 Å². The maximum Gasteiger partial charge on any atom is 0.410 e. The average Bonchev–Trinajstić information content (AvgIpc) is 2.51. The summed E-state index contributed by atoms with van der Waals surface area (Å²) in [6, 6.07) is 3.64. The Kier molecular flexibility index (Phi) is 7.08. The molecule has 0 saturated carbocycles. The van der Waals surface area contributed by atoms with E-state index < -0.39 is 0 Å². The van der Waals surface area contributed by atoms with Gasteiger partial charge in [-0.2, -0.15) is 0 Å². The second-order valence-electron chi connectivity index (χ2n) is 5.90. The molecule has 1 saturated heterocycles. The molecule has 0 radical (unpaired) electrons. The third kappa shape index (κ3) is 6.33. The minimum absolute atomic E-state index is 0.0650. The number of amides is 1. The van der Waals surface area contributed by atoms with Crippen molar-refractivity contribution in [3.05, 3.63) is 29.0 Å². The minimum atomic E-state index is -0.204. The predicted molar refractivity (Wildman–Crippen MR) is 90.6 cm³/mol. The van der Waals surface area contributed by atoms with E-state index in [1.807, 2.05) is 19.9 Å². The van der Waals surface area contributed by atoms with Gasteiger partial charge in [-0.15, -0.1) is 0 Å². The van der Waals surface area contributed by atoms with Crippen LogP contribution >= 0.6 is 11.6 Å². The first-order valence-electron chi connectivity index (χ1n) is 8.03. The van der Waals surface area contributed by atoms with Crippen LogP contribution in [0.1, 0.15) is 19.5 Å². The molecular weight excluding hydrogens is 316 g/mol. The summed E-state index contributed by atoms with van der Waals surface area (Å²) in [6.07, 6.45) is 1.45. The largest absolute Gasteiger partial charge is 0.447 e. The molecule has 1 amide bonds. The van der Waals surface area contributed by atoms with Crippen LogP contribution < -0.4 is 5.32 Å². The molecule has 1 aliphatic heterocycles. The number of carbonyl (C=O) groups excluding carboxylic acids is 1. The first kappa shape index (κ1) is 18.0. The number of nitrogens with zero attached hydrogens (tertiary/aromatic N) is 3. The first-order valence-corrected chi connectivity index (χ1v) is 8.41. The van der Waals surface area contributed by atoms with Gasteiger partial charge >= 0.3 is 6.09 Å². The van der Waals surface area contributed by atoms with E-state index in [0.29, 0.717) is 11.6 Å². The van der Waals surface area contributed by atoms with E-state index in [-0.39, 0.29) is 12.2 Å². The van der Waals surface area contributed by atoms with Crippen molar-refractivity contribution in [1.29, 1.82) is 0 Å². The van der Waals surface area contributed by atoms with Crippen LogP contribution in [0, 0.1) is 0 Å². The van der Waals surface area contributed by atoms with Gasteiger partial charge in [0.15, 0.2) is 0 Å². The molecule has 1 N–H and O–H groups in total. The van der Waals surface area contributed by atoms with E-state index in [2.05, 4.69) is 15.2 Å². The Balaban J connectivity index is 1.60. The molecule has 0 atom stereocenters. The molecule has 2 rings (SSSR count). The van der Waals surface area contributed by atoms with Gasteiger partial charge in [0, 0.05) is 57.0 Å². The van der Waals surface area contributed by atoms with Crippen LogP contribution in [-0.4, -0.2) is 66.2 Å². The Morgan fingerprint density at radius 1 is 1.39 bits per heavy atom. The molecule has 1 aromatic rings. The summed E-state index contributed by atoms with van der Waals surface area (Å²) in [7, 11) is 0. The van der Waals surface area contributed by atoms with E-state index in [1.165, 1.54) is 0 Å². The van der Waals surface area contributed by atoms with Crippen molar-refractivity contribution >= 4 is 17.7 Å². The van der Waals surface area contributed by atoms with Crippen LogP contribution in [-0.2, 0) is 11.3 Å². The summed E-state index contributed by atoms with van der Waals surface area (Å²) in [6.45, 7) is 9.49. The molecule has 0 unspecified atom stereocenters. The van der Waals surface area contributed by atoms with E-state index in [1.54, 1.807) is 17.2 Å². The molecule has 128 valence electrons. The van der Waals surface area contributed by atoms with Crippen LogP contribution in [0.4, 0.5) is 4.79 Å². The maximum absolute atomic E-state index is 11.8. The van der Waals surface area contributed by atoms with E-state index in [0.717, 1.165) is 45.0 Å². The van der Waals surface area contributed by atoms with E-state index in [9.17, 15) is 4.79 Å². The van der Waals surface area contributed by atoms with Crippen molar-refractivity contribution in [2.75, 3.05) is 39.3 Å². The zero-order valence-corrected chi connectivity index (χ0v) is 14.6. The number of ether oxygens (including phenoxy) is 1. The first-order chi connectivity index (χ1) is 11.0. The number of carbonyl (C=O) groups is 1. The SMILES string of the molecule is CC(C)OC(=O)N1CCN(CCNCc2cc(Cl)ccn2)CC1. The second kappa shape index (κ2) is 9.05. The molecule has 1 aliphatic rings. The lowest BCUT2D eigenvalue weighted by Crippen LogP contribution is -2.50. The second-order valence-corrected chi connectivity index (χ2v) is 6.34. The summed E-state index contributed by atoms with van der Waals surface area (Å²) in [5.41, 5.74) is 0.943. The van der Waals surface area contributed by atoms with Gasteiger partial charge in [-0.25, -0.2) is 4.79 Å². The molecule has 2 heterocycles. The van der Waals surface area contributed by atoms with Crippen molar-refractivity contribution in [3.8, 4) is 0 Å². The fourth-order valence-electron chi connectivity index (χ4n) is 2.43. The topological polar surface area (TPSA) is 57.7 Å². The van der Waals surface area contributed by atoms with Gasteiger partial charge in [0.25, 0.3) is 0 Å². The maximum atomic E-state index is 11.8. The predicted octanol–water partition coefficient (Wildman–Crippen LogP) is 1.99. The average molecular weight is 341 g/mol. The molecule has 23 heavy (non-hydrogen) atoms. The van der Waals surface area contributed by atoms with Crippen molar-refractivity contribution in [1.82, 2.24) is 20.1 Å². The molecule has 0 bridgehead atoms.